The summed E-state index contributed by atoms with van der Waals surface area (Å²) in [5.74, 6) is 0.216. The van der Waals surface area contributed by atoms with Crippen LogP contribution in [0.4, 0.5) is 0 Å². The van der Waals surface area contributed by atoms with Crippen LogP contribution in [0, 0.1) is 0 Å². The van der Waals surface area contributed by atoms with E-state index in [0.717, 1.165) is 12.0 Å². The number of hydrogen-bond donors (Lipinski definition) is 1. The molecule has 0 saturated carbocycles. The lowest BCUT2D eigenvalue weighted by Gasteiger charge is -2.05. The van der Waals surface area contributed by atoms with Crippen molar-refractivity contribution in [2.75, 3.05) is 6.54 Å². The molecule has 2 N–H and O–H groups in total. The summed E-state index contributed by atoms with van der Waals surface area (Å²) in [6.07, 6.45) is 7.01. The molecule has 0 saturated heterocycles. The Labute approximate surface area is 60.4 Å². The third-order valence-electron chi connectivity index (χ3n) is 1.53. The monoisotopic (exact) mass is 137 g/mol. The molecule has 0 radical (unpaired) electrons. The maximum atomic E-state index is 11.0. The van der Waals surface area contributed by atoms with Crippen molar-refractivity contribution >= 4 is 5.78 Å². The van der Waals surface area contributed by atoms with E-state index in [1.165, 1.54) is 0 Å². The van der Waals surface area contributed by atoms with Gasteiger partial charge >= 0.3 is 0 Å². The van der Waals surface area contributed by atoms with Gasteiger partial charge in [-0.25, -0.2) is 0 Å². The summed E-state index contributed by atoms with van der Waals surface area (Å²) in [4.78, 5) is 11.0. The van der Waals surface area contributed by atoms with Crippen LogP contribution >= 0.6 is 0 Å². The van der Waals surface area contributed by atoms with Crippen LogP contribution in [0.25, 0.3) is 0 Å². The number of allylic oxidation sites excluding steroid dienone is 3. The van der Waals surface area contributed by atoms with Gasteiger partial charge in [0.25, 0.3) is 0 Å². The number of carbonyl (C=O) groups excluding carboxylic acids is 1. The Morgan fingerprint density at radius 2 is 2.20 bits per heavy atom. The Morgan fingerprint density at radius 3 is 2.80 bits per heavy atom. The normalized spacial score (nSPS) is 22.1. The van der Waals surface area contributed by atoms with E-state index in [-0.39, 0.29) is 5.78 Å². The molecule has 0 unspecified atom stereocenters. The van der Waals surface area contributed by atoms with Crippen molar-refractivity contribution in [3.8, 4) is 0 Å². The molecule has 0 aromatic rings. The molecule has 0 spiro atoms. The van der Waals surface area contributed by atoms with Gasteiger partial charge in [0.1, 0.15) is 0 Å². The zero-order chi connectivity index (χ0) is 7.40. The number of carbonyl (C=O) groups is 1. The van der Waals surface area contributed by atoms with E-state index >= 15 is 0 Å². The Bertz CT molecular complexity index is 191. The van der Waals surface area contributed by atoms with Crippen molar-refractivity contribution < 1.29 is 4.79 Å². The van der Waals surface area contributed by atoms with Gasteiger partial charge in [0.2, 0.25) is 0 Å². The minimum absolute atomic E-state index is 0.216. The molecule has 2 heteroatoms. The molecule has 0 amide bonds. The van der Waals surface area contributed by atoms with E-state index in [1.54, 1.807) is 6.08 Å². The summed E-state index contributed by atoms with van der Waals surface area (Å²) in [6.45, 7) is 0.467. The number of nitrogens with two attached hydrogens (primary N) is 1. The second-order valence-corrected chi connectivity index (χ2v) is 2.27. The van der Waals surface area contributed by atoms with Gasteiger partial charge < -0.3 is 5.73 Å². The maximum absolute atomic E-state index is 11.0. The van der Waals surface area contributed by atoms with Crippen LogP contribution in [0.3, 0.4) is 0 Å². The third kappa shape index (κ3) is 1.54. The molecule has 2 nitrogen and oxygen atoms in total. The van der Waals surface area contributed by atoms with E-state index in [0.29, 0.717) is 13.0 Å². The highest BCUT2D eigenvalue weighted by molar-refractivity contribution is 5.97. The minimum Gasteiger partial charge on any atom is -0.327 e. The fraction of sp³-hybridized carbons (Fsp3) is 0.375. The Kier molecular flexibility index (Phi) is 2.40. The second kappa shape index (κ2) is 3.32. The molecular weight excluding hydrogens is 126 g/mol. The second-order valence-electron chi connectivity index (χ2n) is 2.27. The minimum atomic E-state index is 0.216. The number of hydrogen-bond acceptors (Lipinski definition) is 2. The Hall–Kier alpha value is -0.890. The zero-order valence-electron chi connectivity index (χ0n) is 5.84. The van der Waals surface area contributed by atoms with E-state index in [2.05, 4.69) is 0 Å². The smallest absolute Gasteiger partial charge is 0.162 e. The van der Waals surface area contributed by atoms with Crippen molar-refractivity contribution in [3.63, 3.8) is 0 Å². The molecular formula is C8H11NO. The van der Waals surface area contributed by atoms with Crippen molar-refractivity contribution in [1.82, 2.24) is 0 Å². The quantitative estimate of drug-likeness (QED) is 0.429. The van der Waals surface area contributed by atoms with Gasteiger partial charge in [0.15, 0.2) is 5.78 Å². The lowest BCUT2D eigenvalue weighted by Crippen LogP contribution is -2.07. The first kappa shape index (κ1) is 7.22. The van der Waals surface area contributed by atoms with E-state index in [1.807, 2.05) is 12.2 Å². The van der Waals surface area contributed by atoms with Crippen LogP contribution in [0.5, 0.6) is 0 Å². The van der Waals surface area contributed by atoms with Gasteiger partial charge in [-0.15, -0.1) is 0 Å². The SMILES string of the molecule is NCC=C1CC=CCC1=O. The van der Waals surface area contributed by atoms with Gasteiger partial charge in [0.05, 0.1) is 0 Å². The van der Waals surface area contributed by atoms with Crippen molar-refractivity contribution in [1.29, 1.82) is 0 Å². The van der Waals surface area contributed by atoms with E-state index in [9.17, 15) is 4.79 Å². The zero-order valence-corrected chi connectivity index (χ0v) is 5.84. The van der Waals surface area contributed by atoms with Crippen LogP contribution in [-0.2, 0) is 4.79 Å². The topological polar surface area (TPSA) is 43.1 Å². The van der Waals surface area contributed by atoms with Crippen LogP contribution < -0.4 is 5.73 Å². The fourth-order valence-corrected chi connectivity index (χ4v) is 0.985. The van der Waals surface area contributed by atoms with Gasteiger partial charge in [0, 0.05) is 13.0 Å². The summed E-state index contributed by atoms with van der Waals surface area (Å²) in [5, 5.41) is 0. The molecule has 54 valence electrons. The van der Waals surface area contributed by atoms with Crippen LogP contribution in [0.1, 0.15) is 12.8 Å². The lowest BCUT2D eigenvalue weighted by atomic mass is 9.99. The van der Waals surface area contributed by atoms with E-state index < -0.39 is 0 Å². The molecule has 0 aliphatic heterocycles. The third-order valence-corrected chi connectivity index (χ3v) is 1.53. The van der Waals surface area contributed by atoms with Gasteiger partial charge in [-0.1, -0.05) is 18.2 Å². The molecule has 1 rings (SSSR count). The first-order valence-electron chi connectivity index (χ1n) is 3.42. The number of ketones is 1. The van der Waals surface area contributed by atoms with Crippen molar-refractivity contribution in [3.05, 3.63) is 23.8 Å². The number of Topliss-reactive ketones (excluding diaryl/α,β-unsaturated/α-hetero) is 1. The Balaban J connectivity index is 2.68. The maximum Gasteiger partial charge on any atom is 0.162 e. The molecule has 0 fully saturated rings. The largest absolute Gasteiger partial charge is 0.327 e. The summed E-state index contributed by atoms with van der Waals surface area (Å²) in [7, 11) is 0. The molecule has 10 heavy (non-hydrogen) atoms. The fourth-order valence-electron chi connectivity index (χ4n) is 0.985. The highest BCUT2D eigenvalue weighted by atomic mass is 16.1. The van der Waals surface area contributed by atoms with Gasteiger partial charge in [-0.05, 0) is 12.0 Å². The molecule has 0 heterocycles. The molecule has 0 bridgehead atoms. The standard InChI is InChI=1S/C8H11NO/c9-6-5-7-3-1-2-4-8(7)10/h1-2,5H,3-4,6,9H2. The summed E-state index contributed by atoms with van der Waals surface area (Å²) >= 11 is 0. The van der Waals surface area contributed by atoms with Crippen LogP contribution in [0.15, 0.2) is 23.8 Å². The summed E-state index contributed by atoms with van der Waals surface area (Å²) in [5.41, 5.74) is 6.13. The average Bonchev–Trinajstić information content (AvgIpc) is 1.94. The van der Waals surface area contributed by atoms with Crippen molar-refractivity contribution in [2.24, 2.45) is 5.73 Å². The van der Waals surface area contributed by atoms with Crippen molar-refractivity contribution in [2.45, 2.75) is 12.8 Å². The highest BCUT2D eigenvalue weighted by Gasteiger charge is 2.08. The molecule has 1 aliphatic carbocycles. The lowest BCUT2D eigenvalue weighted by molar-refractivity contribution is -0.115. The molecule has 1 aliphatic rings. The van der Waals surface area contributed by atoms with Crippen LogP contribution in [0.2, 0.25) is 0 Å². The van der Waals surface area contributed by atoms with Gasteiger partial charge in [-0.3, -0.25) is 4.79 Å². The molecule has 0 aromatic carbocycles. The molecule has 0 aromatic heterocycles. The van der Waals surface area contributed by atoms with Gasteiger partial charge in [-0.2, -0.15) is 0 Å². The number of rotatable bonds is 1. The predicted molar refractivity (Wildman–Crippen MR) is 40.5 cm³/mol. The first-order chi connectivity index (χ1) is 4.84. The average molecular weight is 137 g/mol. The first-order valence-corrected chi connectivity index (χ1v) is 3.42. The van der Waals surface area contributed by atoms with E-state index in [4.69, 9.17) is 5.73 Å². The predicted octanol–water partition coefficient (Wildman–Crippen LogP) is 0.791. The molecule has 0 atom stereocenters. The summed E-state index contributed by atoms with van der Waals surface area (Å²) in [6, 6.07) is 0. The Morgan fingerprint density at radius 1 is 1.50 bits per heavy atom. The van der Waals surface area contributed by atoms with Crippen LogP contribution in [-0.4, -0.2) is 12.3 Å². The highest BCUT2D eigenvalue weighted by Crippen LogP contribution is 2.12. The summed E-state index contributed by atoms with van der Waals surface area (Å²) < 4.78 is 0.